The first-order chi connectivity index (χ1) is 9.82. The topological polar surface area (TPSA) is 46.9 Å². The predicted octanol–water partition coefficient (Wildman–Crippen LogP) is 3.94. The molecule has 0 saturated heterocycles. The number of rotatable bonds is 3. The summed E-state index contributed by atoms with van der Waals surface area (Å²) in [6.07, 6.45) is -2.99. The van der Waals surface area contributed by atoms with Crippen LogP contribution in [-0.2, 0) is 12.7 Å². The summed E-state index contributed by atoms with van der Waals surface area (Å²) in [5.41, 5.74) is -0.483. The van der Waals surface area contributed by atoms with E-state index in [0.29, 0.717) is 11.0 Å². The lowest BCUT2D eigenvalue weighted by Gasteiger charge is -2.10. The number of carbonyl (C=O) groups is 1. The fourth-order valence-corrected chi connectivity index (χ4v) is 2.27. The molecule has 0 saturated carbocycles. The summed E-state index contributed by atoms with van der Waals surface area (Å²) in [5, 5.41) is 6.43. The molecule has 4 nitrogen and oxygen atoms in total. The van der Waals surface area contributed by atoms with Crippen molar-refractivity contribution in [3.8, 4) is 0 Å². The van der Waals surface area contributed by atoms with Crippen LogP contribution in [0.2, 0.25) is 0 Å². The molecule has 2 aromatic rings. The highest BCUT2D eigenvalue weighted by molar-refractivity contribution is 9.10. The van der Waals surface area contributed by atoms with Gasteiger partial charge in [0.25, 0.3) is 5.91 Å². The number of hydrogen-bond donors (Lipinski definition) is 1. The molecule has 1 amide bonds. The van der Waals surface area contributed by atoms with Crippen molar-refractivity contribution in [3.63, 3.8) is 0 Å². The van der Waals surface area contributed by atoms with E-state index in [9.17, 15) is 18.0 Å². The summed E-state index contributed by atoms with van der Waals surface area (Å²) >= 11 is 3.19. The van der Waals surface area contributed by atoms with Crippen LogP contribution >= 0.6 is 15.9 Å². The number of nitrogens with one attached hydrogen (secondary N) is 1. The van der Waals surface area contributed by atoms with Crippen molar-refractivity contribution in [1.29, 1.82) is 0 Å². The van der Waals surface area contributed by atoms with E-state index in [-0.39, 0.29) is 11.4 Å². The summed E-state index contributed by atoms with van der Waals surface area (Å²) < 4.78 is 39.8. The number of alkyl halides is 3. The highest BCUT2D eigenvalue weighted by Crippen LogP contribution is 2.30. The van der Waals surface area contributed by atoms with Gasteiger partial charge in [0.05, 0.1) is 16.2 Å². The van der Waals surface area contributed by atoms with Gasteiger partial charge in [-0.1, -0.05) is 6.07 Å². The highest BCUT2D eigenvalue weighted by Gasteiger charge is 2.30. The standard InChI is InChI=1S/C13H11BrF3N3O/c1-2-20-11(10(14)7-18-20)12(21)19-9-5-3-4-8(6-9)13(15,16)17/h3-7H,2H2,1H3,(H,19,21). The maximum Gasteiger partial charge on any atom is 0.416 e. The Bertz CT molecular complexity index is 667. The Morgan fingerprint density at radius 2 is 2.14 bits per heavy atom. The molecule has 0 radical (unpaired) electrons. The van der Waals surface area contributed by atoms with E-state index >= 15 is 0 Å². The molecule has 0 spiro atoms. The molecule has 0 aliphatic heterocycles. The predicted molar refractivity (Wildman–Crippen MR) is 75.0 cm³/mol. The van der Waals surface area contributed by atoms with Crippen molar-refractivity contribution < 1.29 is 18.0 Å². The van der Waals surface area contributed by atoms with Gasteiger partial charge in [0.15, 0.2) is 0 Å². The van der Waals surface area contributed by atoms with Crippen LogP contribution in [0.5, 0.6) is 0 Å². The molecule has 0 atom stereocenters. The van der Waals surface area contributed by atoms with Crippen molar-refractivity contribution in [2.75, 3.05) is 5.32 Å². The molecule has 21 heavy (non-hydrogen) atoms. The first-order valence-corrected chi connectivity index (χ1v) is 6.82. The zero-order chi connectivity index (χ0) is 15.6. The number of hydrogen-bond acceptors (Lipinski definition) is 2. The van der Waals surface area contributed by atoms with E-state index in [4.69, 9.17) is 0 Å². The molecule has 112 valence electrons. The van der Waals surface area contributed by atoms with Crippen LogP contribution in [0.3, 0.4) is 0 Å². The number of amides is 1. The lowest BCUT2D eigenvalue weighted by atomic mass is 10.2. The second-order valence-electron chi connectivity index (χ2n) is 4.19. The molecule has 1 N–H and O–H groups in total. The van der Waals surface area contributed by atoms with Crippen molar-refractivity contribution in [1.82, 2.24) is 9.78 Å². The fourth-order valence-electron chi connectivity index (χ4n) is 1.79. The van der Waals surface area contributed by atoms with Crippen LogP contribution in [0, 0.1) is 0 Å². The number of carbonyl (C=O) groups excluding carboxylic acids is 1. The van der Waals surface area contributed by atoms with Gasteiger partial charge in [0, 0.05) is 12.2 Å². The van der Waals surface area contributed by atoms with Crippen molar-refractivity contribution in [2.45, 2.75) is 19.6 Å². The molecule has 0 bridgehead atoms. The monoisotopic (exact) mass is 361 g/mol. The normalized spacial score (nSPS) is 11.5. The quantitative estimate of drug-likeness (QED) is 0.899. The largest absolute Gasteiger partial charge is 0.416 e. The average molecular weight is 362 g/mol. The van der Waals surface area contributed by atoms with E-state index in [1.807, 2.05) is 0 Å². The van der Waals surface area contributed by atoms with Gasteiger partial charge in [-0.25, -0.2) is 0 Å². The summed E-state index contributed by atoms with van der Waals surface area (Å²) in [6, 6.07) is 4.47. The molecule has 1 heterocycles. The summed E-state index contributed by atoms with van der Waals surface area (Å²) in [7, 11) is 0. The summed E-state index contributed by atoms with van der Waals surface area (Å²) in [4.78, 5) is 12.2. The van der Waals surface area contributed by atoms with Gasteiger partial charge < -0.3 is 5.32 Å². The lowest BCUT2D eigenvalue weighted by molar-refractivity contribution is -0.137. The molecule has 1 aromatic carbocycles. The van der Waals surface area contributed by atoms with Gasteiger partial charge in [-0.05, 0) is 41.1 Å². The third-order valence-electron chi connectivity index (χ3n) is 2.76. The number of nitrogens with zero attached hydrogens (tertiary/aromatic N) is 2. The third kappa shape index (κ3) is 3.44. The van der Waals surface area contributed by atoms with Crippen molar-refractivity contribution >= 4 is 27.5 Å². The Balaban J connectivity index is 2.26. The molecule has 0 aliphatic rings. The Morgan fingerprint density at radius 1 is 1.43 bits per heavy atom. The minimum Gasteiger partial charge on any atom is -0.321 e. The molecule has 2 rings (SSSR count). The minimum absolute atomic E-state index is 0.0746. The molecule has 0 unspecified atom stereocenters. The zero-order valence-corrected chi connectivity index (χ0v) is 12.5. The lowest BCUT2D eigenvalue weighted by Crippen LogP contribution is -2.18. The number of halogens is 4. The van der Waals surface area contributed by atoms with E-state index < -0.39 is 17.6 Å². The van der Waals surface area contributed by atoms with Crippen LogP contribution in [0.4, 0.5) is 18.9 Å². The molecule has 1 aromatic heterocycles. The van der Waals surface area contributed by atoms with E-state index in [2.05, 4.69) is 26.3 Å². The first-order valence-electron chi connectivity index (χ1n) is 6.03. The molecule has 0 aliphatic carbocycles. The first kappa shape index (κ1) is 15.6. The fraction of sp³-hybridized carbons (Fsp3) is 0.231. The molecule has 8 heteroatoms. The Kier molecular flexibility index (Phi) is 4.36. The van der Waals surface area contributed by atoms with Gasteiger partial charge in [0.1, 0.15) is 5.69 Å². The van der Waals surface area contributed by atoms with Gasteiger partial charge in [-0.2, -0.15) is 18.3 Å². The van der Waals surface area contributed by atoms with Crippen LogP contribution < -0.4 is 5.32 Å². The van der Waals surface area contributed by atoms with E-state index in [0.717, 1.165) is 12.1 Å². The summed E-state index contributed by atoms with van der Waals surface area (Å²) in [6.45, 7) is 2.28. The second-order valence-corrected chi connectivity index (χ2v) is 5.04. The minimum atomic E-state index is -4.45. The van der Waals surface area contributed by atoms with E-state index in [1.54, 1.807) is 6.92 Å². The summed E-state index contributed by atoms with van der Waals surface area (Å²) in [5.74, 6) is -0.527. The third-order valence-corrected chi connectivity index (χ3v) is 3.34. The molecule has 0 fully saturated rings. The zero-order valence-electron chi connectivity index (χ0n) is 10.9. The maximum absolute atomic E-state index is 12.6. The Hall–Kier alpha value is -1.83. The van der Waals surface area contributed by atoms with Crippen LogP contribution in [0.1, 0.15) is 23.0 Å². The second kappa shape index (κ2) is 5.88. The van der Waals surface area contributed by atoms with Crippen LogP contribution in [-0.4, -0.2) is 15.7 Å². The smallest absolute Gasteiger partial charge is 0.321 e. The average Bonchev–Trinajstić information content (AvgIpc) is 2.79. The number of aromatic nitrogens is 2. The Morgan fingerprint density at radius 3 is 2.76 bits per heavy atom. The van der Waals surface area contributed by atoms with Crippen molar-refractivity contribution in [3.05, 3.63) is 46.2 Å². The SMILES string of the molecule is CCn1ncc(Br)c1C(=O)Nc1cccc(C(F)(F)F)c1. The van der Waals surface area contributed by atoms with E-state index in [1.165, 1.54) is 23.0 Å². The van der Waals surface area contributed by atoms with Gasteiger partial charge in [-0.3, -0.25) is 9.48 Å². The maximum atomic E-state index is 12.6. The highest BCUT2D eigenvalue weighted by atomic mass is 79.9. The number of anilines is 1. The van der Waals surface area contributed by atoms with Crippen molar-refractivity contribution in [2.24, 2.45) is 0 Å². The number of benzene rings is 1. The number of aryl methyl sites for hydroxylation is 1. The molecular formula is C13H11BrF3N3O. The van der Waals surface area contributed by atoms with Crippen LogP contribution in [0.15, 0.2) is 34.9 Å². The molecular weight excluding hydrogens is 351 g/mol. The van der Waals surface area contributed by atoms with Gasteiger partial charge in [-0.15, -0.1) is 0 Å². The van der Waals surface area contributed by atoms with Gasteiger partial charge >= 0.3 is 6.18 Å². The Labute approximate surface area is 127 Å². The van der Waals surface area contributed by atoms with Crippen LogP contribution in [0.25, 0.3) is 0 Å². The van der Waals surface area contributed by atoms with Gasteiger partial charge in [0.2, 0.25) is 0 Å².